The fourth-order valence-electron chi connectivity index (χ4n) is 3.24. The summed E-state index contributed by atoms with van der Waals surface area (Å²) in [6.07, 6.45) is 0.701. The molecular weight excluding hydrogens is 390 g/mol. The van der Waals surface area contributed by atoms with Crippen LogP contribution in [0.2, 0.25) is 5.02 Å². The first-order chi connectivity index (χ1) is 14.1. The van der Waals surface area contributed by atoms with Crippen molar-refractivity contribution in [3.63, 3.8) is 0 Å². The van der Waals surface area contributed by atoms with E-state index in [0.717, 1.165) is 11.2 Å². The van der Waals surface area contributed by atoms with E-state index in [0.29, 0.717) is 46.8 Å². The Labute approximate surface area is 172 Å². The number of para-hydroxylation sites is 2. The highest BCUT2D eigenvalue weighted by atomic mass is 35.5. The molecule has 0 radical (unpaired) electrons. The van der Waals surface area contributed by atoms with E-state index in [1.165, 1.54) is 0 Å². The van der Waals surface area contributed by atoms with Gasteiger partial charge in [-0.1, -0.05) is 23.7 Å². The molecule has 0 fully saturated rings. The maximum Gasteiger partial charge on any atom is 0.257 e. The van der Waals surface area contributed by atoms with Crippen molar-refractivity contribution in [3.05, 3.63) is 59.1 Å². The minimum Gasteiger partial charge on any atom is -0.385 e. The van der Waals surface area contributed by atoms with E-state index in [-0.39, 0.29) is 11.7 Å². The van der Waals surface area contributed by atoms with E-state index in [1.807, 2.05) is 36.4 Å². The zero-order valence-corrected chi connectivity index (χ0v) is 16.6. The number of hydrogen-bond acceptors (Lipinski definition) is 5. The van der Waals surface area contributed by atoms with E-state index in [1.54, 1.807) is 23.8 Å². The van der Waals surface area contributed by atoms with Crippen molar-refractivity contribution >= 4 is 45.5 Å². The molecule has 0 aliphatic rings. The van der Waals surface area contributed by atoms with Crippen molar-refractivity contribution < 1.29 is 9.53 Å². The summed E-state index contributed by atoms with van der Waals surface area (Å²) in [7, 11) is 1.63. The molecule has 2 aromatic carbocycles. The van der Waals surface area contributed by atoms with Crippen LogP contribution in [0.1, 0.15) is 16.8 Å². The van der Waals surface area contributed by atoms with E-state index in [2.05, 4.69) is 5.32 Å². The number of benzene rings is 2. The second kappa shape index (κ2) is 8.06. The van der Waals surface area contributed by atoms with Crippen LogP contribution in [0.15, 0.2) is 48.5 Å². The summed E-state index contributed by atoms with van der Waals surface area (Å²) in [5.74, 6) is -0.0113. The monoisotopic (exact) mass is 409 g/mol. The first-order valence-corrected chi connectivity index (χ1v) is 9.57. The molecule has 4 rings (SSSR count). The number of anilines is 1. The summed E-state index contributed by atoms with van der Waals surface area (Å²) >= 11 is 6.03. The third kappa shape index (κ3) is 3.62. The molecule has 0 atom stereocenters. The molecular formula is C21H20ClN5O2. The molecule has 29 heavy (non-hydrogen) atoms. The van der Waals surface area contributed by atoms with Crippen LogP contribution >= 0.6 is 11.6 Å². The van der Waals surface area contributed by atoms with Gasteiger partial charge in [-0.2, -0.15) is 0 Å². The lowest BCUT2D eigenvalue weighted by molar-refractivity contribution is 0.0951. The summed E-state index contributed by atoms with van der Waals surface area (Å²) < 4.78 is 6.76. The first kappa shape index (κ1) is 19.2. The van der Waals surface area contributed by atoms with Crippen LogP contribution in [0.4, 0.5) is 5.82 Å². The van der Waals surface area contributed by atoms with Gasteiger partial charge in [0.2, 0.25) is 0 Å². The lowest BCUT2D eigenvalue weighted by atomic mass is 10.2. The Morgan fingerprint density at radius 3 is 2.52 bits per heavy atom. The molecule has 2 aromatic heterocycles. The molecule has 2 heterocycles. The smallest absolute Gasteiger partial charge is 0.257 e. The molecule has 0 unspecified atom stereocenters. The number of carbonyl (C=O) groups is 1. The minimum atomic E-state index is -0.291. The largest absolute Gasteiger partial charge is 0.385 e. The number of amides is 1. The third-order valence-electron chi connectivity index (χ3n) is 4.62. The molecule has 0 aliphatic heterocycles. The number of carbonyl (C=O) groups excluding carboxylic acids is 1. The predicted octanol–water partition coefficient (Wildman–Crippen LogP) is 3.58. The second-order valence-electron chi connectivity index (χ2n) is 6.56. The summed E-state index contributed by atoms with van der Waals surface area (Å²) in [6.45, 7) is 1.04. The van der Waals surface area contributed by atoms with Crippen molar-refractivity contribution in [2.45, 2.75) is 6.42 Å². The van der Waals surface area contributed by atoms with E-state index >= 15 is 0 Å². The molecule has 0 aliphatic carbocycles. The van der Waals surface area contributed by atoms with Gasteiger partial charge < -0.3 is 15.8 Å². The SMILES string of the molecule is COCCCNC(=O)c1c(N)n(-c2ccc(Cl)cc2)c2nc3ccccc3nc12. The third-order valence-corrected chi connectivity index (χ3v) is 4.87. The standard InChI is InChI=1S/C21H20ClN5O2/c1-29-12-4-11-24-21(28)17-18-20(26-16-6-3-2-5-15(16)25-18)27(19(17)23)14-9-7-13(22)8-10-14/h2-3,5-10H,4,11-12,23H2,1H3,(H,24,28). The number of aromatic nitrogens is 3. The fourth-order valence-corrected chi connectivity index (χ4v) is 3.37. The molecule has 0 spiro atoms. The number of rotatable bonds is 6. The Hall–Kier alpha value is -3.16. The number of methoxy groups -OCH3 is 1. The quantitative estimate of drug-likeness (QED) is 0.474. The molecule has 148 valence electrons. The number of nitrogens with two attached hydrogens (primary N) is 1. The van der Waals surface area contributed by atoms with Crippen molar-refractivity contribution in [2.75, 3.05) is 26.0 Å². The lowest BCUT2D eigenvalue weighted by Crippen LogP contribution is -2.26. The highest BCUT2D eigenvalue weighted by molar-refractivity contribution is 6.30. The van der Waals surface area contributed by atoms with Crippen molar-refractivity contribution in [1.82, 2.24) is 19.9 Å². The number of nitrogens with zero attached hydrogens (tertiary/aromatic N) is 3. The van der Waals surface area contributed by atoms with Gasteiger partial charge in [-0.15, -0.1) is 0 Å². The van der Waals surface area contributed by atoms with Gasteiger partial charge in [0.1, 0.15) is 16.9 Å². The topological polar surface area (TPSA) is 95.1 Å². The average Bonchev–Trinajstić information content (AvgIpc) is 3.01. The number of ether oxygens (including phenoxy) is 1. The minimum absolute atomic E-state index is 0.280. The van der Waals surface area contributed by atoms with Crippen molar-refractivity contribution in [2.24, 2.45) is 0 Å². The average molecular weight is 410 g/mol. The molecule has 8 heteroatoms. The zero-order chi connectivity index (χ0) is 20.4. The number of hydrogen-bond donors (Lipinski definition) is 2. The lowest BCUT2D eigenvalue weighted by Gasteiger charge is -2.08. The number of nitrogens with one attached hydrogen (secondary N) is 1. The van der Waals surface area contributed by atoms with Gasteiger partial charge in [0.25, 0.3) is 5.91 Å². The predicted molar refractivity (Wildman–Crippen MR) is 115 cm³/mol. The zero-order valence-electron chi connectivity index (χ0n) is 15.9. The number of halogens is 1. The van der Waals surface area contributed by atoms with Crippen LogP contribution in [0.3, 0.4) is 0 Å². The molecule has 4 aromatic rings. The molecule has 0 saturated heterocycles. The van der Waals surface area contributed by atoms with Gasteiger partial charge in [-0.25, -0.2) is 9.97 Å². The maximum absolute atomic E-state index is 12.9. The van der Waals surface area contributed by atoms with Crippen molar-refractivity contribution in [1.29, 1.82) is 0 Å². The molecule has 3 N–H and O–H groups in total. The van der Waals surface area contributed by atoms with E-state index < -0.39 is 0 Å². The van der Waals surface area contributed by atoms with Crippen LogP contribution < -0.4 is 11.1 Å². The Morgan fingerprint density at radius 1 is 1.14 bits per heavy atom. The Kier molecular flexibility index (Phi) is 5.33. The number of nitrogen functional groups attached to an aromatic ring is 1. The van der Waals surface area contributed by atoms with Crippen LogP contribution in [0.25, 0.3) is 27.9 Å². The van der Waals surface area contributed by atoms with Crippen molar-refractivity contribution in [3.8, 4) is 5.69 Å². The van der Waals surface area contributed by atoms with Gasteiger partial charge in [-0.3, -0.25) is 9.36 Å². The van der Waals surface area contributed by atoms with E-state index in [4.69, 9.17) is 32.0 Å². The molecule has 0 saturated carbocycles. The van der Waals surface area contributed by atoms with Gasteiger partial charge in [-0.05, 0) is 42.8 Å². The fraction of sp³-hybridized carbons (Fsp3) is 0.190. The highest BCUT2D eigenvalue weighted by Crippen LogP contribution is 2.31. The Balaban J connectivity index is 1.89. The Morgan fingerprint density at radius 2 is 1.83 bits per heavy atom. The van der Waals surface area contributed by atoms with Crippen LogP contribution in [-0.4, -0.2) is 40.7 Å². The Bertz CT molecular complexity index is 1190. The molecule has 0 bridgehead atoms. The van der Waals surface area contributed by atoms with Gasteiger partial charge in [0.05, 0.1) is 11.0 Å². The van der Waals surface area contributed by atoms with Gasteiger partial charge >= 0.3 is 0 Å². The van der Waals surface area contributed by atoms with Crippen LogP contribution in [-0.2, 0) is 4.74 Å². The molecule has 7 nitrogen and oxygen atoms in total. The first-order valence-electron chi connectivity index (χ1n) is 9.20. The van der Waals surface area contributed by atoms with Gasteiger partial charge in [0.15, 0.2) is 5.65 Å². The maximum atomic E-state index is 12.9. The van der Waals surface area contributed by atoms with Gasteiger partial charge in [0, 0.05) is 31.0 Å². The summed E-state index contributed by atoms with van der Waals surface area (Å²) in [4.78, 5) is 22.4. The van der Waals surface area contributed by atoms with E-state index in [9.17, 15) is 4.79 Å². The van der Waals surface area contributed by atoms with Crippen LogP contribution in [0.5, 0.6) is 0 Å². The second-order valence-corrected chi connectivity index (χ2v) is 7.00. The normalized spacial score (nSPS) is 11.2. The molecule has 1 amide bonds. The number of fused-ring (bicyclic) bond motifs is 2. The van der Waals surface area contributed by atoms with Crippen LogP contribution in [0, 0.1) is 0 Å². The summed E-state index contributed by atoms with van der Waals surface area (Å²) in [5.41, 5.74) is 9.90. The summed E-state index contributed by atoms with van der Waals surface area (Å²) in [6, 6.07) is 14.7. The summed E-state index contributed by atoms with van der Waals surface area (Å²) in [5, 5.41) is 3.50. The highest BCUT2D eigenvalue weighted by Gasteiger charge is 2.24.